The molecule has 1 amide bonds. The van der Waals surface area contributed by atoms with Crippen molar-refractivity contribution >= 4 is 5.91 Å². The van der Waals surface area contributed by atoms with Crippen LogP contribution in [0.2, 0.25) is 0 Å². The van der Waals surface area contributed by atoms with Crippen molar-refractivity contribution in [1.29, 1.82) is 0 Å². The van der Waals surface area contributed by atoms with Gasteiger partial charge in [-0.25, -0.2) is 0 Å². The molecular formula is C14H29N3O. The smallest absolute Gasteiger partial charge is 0.234 e. The molecule has 0 aliphatic carbocycles. The summed E-state index contributed by atoms with van der Waals surface area (Å²) >= 11 is 0. The standard InChI is InChI=1S/C14H29N3O/c1-4-12(2)16-14(18)11-15-8-5-13-6-9-17(3)10-7-13/h12-13,15H,4-11H2,1-3H3,(H,16,18). The maximum atomic E-state index is 11.5. The second kappa shape index (κ2) is 8.48. The Morgan fingerprint density at radius 1 is 1.39 bits per heavy atom. The number of hydrogen-bond donors (Lipinski definition) is 2. The van der Waals surface area contributed by atoms with Crippen molar-refractivity contribution < 1.29 is 4.79 Å². The van der Waals surface area contributed by atoms with E-state index in [1.807, 2.05) is 6.92 Å². The minimum Gasteiger partial charge on any atom is -0.353 e. The van der Waals surface area contributed by atoms with Crippen molar-refractivity contribution in [3.8, 4) is 0 Å². The van der Waals surface area contributed by atoms with Crippen molar-refractivity contribution in [1.82, 2.24) is 15.5 Å². The Labute approximate surface area is 111 Å². The van der Waals surface area contributed by atoms with Gasteiger partial charge in [-0.3, -0.25) is 4.79 Å². The number of likely N-dealkylation sites (tertiary alicyclic amines) is 1. The van der Waals surface area contributed by atoms with Crippen LogP contribution in [-0.4, -0.2) is 50.1 Å². The van der Waals surface area contributed by atoms with E-state index in [1.165, 1.54) is 32.4 Å². The first kappa shape index (κ1) is 15.4. The molecule has 0 aromatic heterocycles. The van der Waals surface area contributed by atoms with Gasteiger partial charge in [0.2, 0.25) is 5.91 Å². The molecule has 1 heterocycles. The van der Waals surface area contributed by atoms with E-state index in [2.05, 4.69) is 29.5 Å². The molecule has 1 atom stereocenters. The normalized spacial score (nSPS) is 19.7. The Kier molecular flexibility index (Phi) is 7.28. The average molecular weight is 255 g/mol. The molecule has 1 unspecified atom stereocenters. The first-order valence-electron chi connectivity index (χ1n) is 7.30. The molecule has 0 spiro atoms. The average Bonchev–Trinajstić information content (AvgIpc) is 2.36. The van der Waals surface area contributed by atoms with Crippen molar-refractivity contribution in [2.75, 3.05) is 33.2 Å². The van der Waals surface area contributed by atoms with E-state index in [9.17, 15) is 4.79 Å². The van der Waals surface area contributed by atoms with Gasteiger partial charge >= 0.3 is 0 Å². The molecule has 4 nitrogen and oxygen atoms in total. The molecule has 18 heavy (non-hydrogen) atoms. The van der Waals surface area contributed by atoms with Crippen LogP contribution in [0, 0.1) is 5.92 Å². The Morgan fingerprint density at radius 3 is 2.67 bits per heavy atom. The molecule has 1 aliphatic heterocycles. The summed E-state index contributed by atoms with van der Waals surface area (Å²) in [6.45, 7) is 7.98. The van der Waals surface area contributed by atoms with Gasteiger partial charge in [-0.05, 0) is 65.2 Å². The van der Waals surface area contributed by atoms with Gasteiger partial charge in [0.1, 0.15) is 0 Å². The lowest BCUT2D eigenvalue weighted by Crippen LogP contribution is -2.39. The zero-order valence-electron chi connectivity index (χ0n) is 12.2. The van der Waals surface area contributed by atoms with Crippen LogP contribution in [0.3, 0.4) is 0 Å². The topological polar surface area (TPSA) is 44.4 Å². The monoisotopic (exact) mass is 255 g/mol. The summed E-state index contributed by atoms with van der Waals surface area (Å²) in [4.78, 5) is 13.9. The van der Waals surface area contributed by atoms with Gasteiger partial charge in [-0.2, -0.15) is 0 Å². The van der Waals surface area contributed by atoms with Crippen molar-refractivity contribution in [2.24, 2.45) is 5.92 Å². The van der Waals surface area contributed by atoms with Crippen LogP contribution in [0.25, 0.3) is 0 Å². The second-order valence-corrected chi connectivity index (χ2v) is 5.59. The van der Waals surface area contributed by atoms with Crippen molar-refractivity contribution in [2.45, 2.75) is 45.6 Å². The highest BCUT2D eigenvalue weighted by molar-refractivity contribution is 5.78. The molecule has 0 radical (unpaired) electrons. The highest BCUT2D eigenvalue weighted by Crippen LogP contribution is 2.18. The summed E-state index contributed by atoms with van der Waals surface area (Å²) in [5.41, 5.74) is 0. The number of nitrogens with one attached hydrogen (secondary N) is 2. The number of piperidine rings is 1. The molecule has 1 saturated heterocycles. The van der Waals surface area contributed by atoms with Gasteiger partial charge in [0.25, 0.3) is 0 Å². The van der Waals surface area contributed by atoms with Crippen LogP contribution in [0.1, 0.15) is 39.5 Å². The quantitative estimate of drug-likeness (QED) is 0.672. The molecule has 0 bridgehead atoms. The maximum absolute atomic E-state index is 11.5. The summed E-state index contributed by atoms with van der Waals surface area (Å²) in [5, 5.41) is 6.21. The Hall–Kier alpha value is -0.610. The van der Waals surface area contributed by atoms with E-state index in [4.69, 9.17) is 0 Å². The first-order chi connectivity index (χ1) is 8.61. The number of rotatable bonds is 7. The molecule has 106 valence electrons. The Bertz CT molecular complexity index is 237. The Balaban J connectivity index is 1.99. The largest absolute Gasteiger partial charge is 0.353 e. The van der Waals surface area contributed by atoms with E-state index < -0.39 is 0 Å². The molecule has 0 aromatic carbocycles. The lowest BCUT2D eigenvalue weighted by atomic mass is 9.94. The highest BCUT2D eigenvalue weighted by atomic mass is 16.1. The van der Waals surface area contributed by atoms with Crippen LogP contribution in [0.15, 0.2) is 0 Å². The summed E-state index contributed by atoms with van der Waals surface area (Å²) < 4.78 is 0. The van der Waals surface area contributed by atoms with Crippen LogP contribution in [-0.2, 0) is 4.79 Å². The third-order valence-electron chi connectivity index (χ3n) is 3.87. The summed E-state index contributed by atoms with van der Waals surface area (Å²) in [6.07, 6.45) is 4.79. The Morgan fingerprint density at radius 2 is 2.06 bits per heavy atom. The number of amides is 1. The van der Waals surface area contributed by atoms with Gasteiger partial charge in [0.05, 0.1) is 6.54 Å². The predicted octanol–water partition coefficient (Wildman–Crippen LogP) is 1.22. The maximum Gasteiger partial charge on any atom is 0.234 e. The fourth-order valence-corrected chi connectivity index (χ4v) is 2.29. The van der Waals surface area contributed by atoms with Gasteiger partial charge in [-0.15, -0.1) is 0 Å². The van der Waals surface area contributed by atoms with E-state index in [-0.39, 0.29) is 11.9 Å². The summed E-state index contributed by atoms with van der Waals surface area (Å²) in [7, 11) is 2.19. The van der Waals surface area contributed by atoms with Crippen LogP contribution in [0.4, 0.5) is 0 Å². The molecular weight excluding hydrogens is 226 g/mol. The fourth-order valence-electron chi connectivity index (χ4n) is 2.29. The molecule has 1 aliphatic rings. The zero-order chi connectivity index (χ0) is 13.4. The minimum atomic E-state index is 0.118. The third kappa shape index (κ3) is 6.36. The molecule has 1 rings (SSSR count). The minimum absolute atomic E-state index is 0.118. The van der Waals surface area contributed by atoms with Crippen LogP contribution >= 0.6 is 0 Å². The first-order valence-corrected chi connectivity index (χ1v) is 7.30. The fraction of sp³-hybridized carbons (Fsp3) is 0.929. The summed E-state index contributed by atoms with van der Waals surface area (Å²) in [6, 6.07) is 0.285. The highest BCUT2D eigenvalue weighted by Gasteiger charge is 2.16. The predicted molar refractivity (Wildman–Crippen MR) is 75.6 cm³/mol. The van der Waals surface area contributed by atoms with Crippen LogP contribution < -0.4 is 10.6 Å². The van der Waals surface area contributed by atoms with Gasteiger partial charge in [0, 0.05) is 6.04 Å². The van der Waals surface area contributed by atoms with Crippen molar-refractivity contribution in [3.63, 3.8) is 0 Å². The molecule has 0 saturated carbocycles. The molecule has 2 N–H and O–H groups in total. The lowest BCUT2D eigenvalue weighted by Gasteiger charge is -2.28. The number of carbonyl (C=O) groups is 1. The number of carbonyl (C=O) groups excluding carboxylic acids is 1. The zero-order valence-corrected chi connectivity index (χ0v) is 12.2. The molecule has 1 fully saturated rings. The van der Waals surface area contributed by atoms with E-state index in [0.717, 1.165) is 18.9 Å². The van der Waals surface area contributed by atoms with Crippen molar-refractivity contribution in [3.05, 3.63) is 0 Å². The second-order valence-electron chi connectivity index (χ2n) is 5.59. The SMILES string of the molecule is CCC(C)NC(=O)CNCCC1CCN(C)CC1. The lowest BCUT2D eigenvalue weighted by molar-refractivity contribution is -0.120. The van der Waals surface area contributed by atoms with Gasteiger partial charge < -0.3 is 15.5 Å². The number of hydrogen-bond acceptors (Lipinski definition) is 3. The summed E-state index contributed by atoms with van der Waals surface area (Å²) in [5.74, 6) is 0.957. The van der Waals surface area contributed by atoms with E-state index in [1.54, 1.807) is 0 Å². The van der Waals surface area contributed by atoms with E-state index >= 15 is 0 Å². The molecule has 0 aromatic rings. The third-order valence-corrected chi connectivity index (χ3v) is 3.87. The number of nitrogens with zero attached hydrogens (tertiary/aromatic N) is 1. The molecule has 4 heteroatoms. The van der Waals surface area contributed by atoms with Crippen LogP contribution in [0.5, 0.6) is 0 Å². The van der Waals surface area contributed by atoms with Gasteiger partial charge in [-0.1, -0.05) is 6.92 Å². The van der Waals surface area contributed by atoms with E-state index in [0.29, 0.717) is 6.54 Å². The van der Waals surface area contributed by atoms with Gasteiger partial charge in [0.15, 0.2) is 0 Å².